The van der Waals surface area contributed by atoms with Crippen molar-refractivity contribution in [2.75, 3.05) is 0 Å². The van der Waals surface area contributed by atoms with Crippen molar-refractivity contribution < 1.29 is 22.0 Å². The summed E-state index contributed by atoms with van der Waals surface area (Å²) in [6.07, 6.45) is 3.38. The molecule has 0 saturated carbocycles. The summed E-state index contributed by atoms with van der Waals surface area (Å²) in [5.74, 6) is -3.84. The predicted molar refractivity (Wildman–Crippen MR) is 132 cm³/mol. The van der Waals surface area contributed by atoms with E-state index >= 15 is 4.39 Å². The molecule has 0 aliphatic rings. The zero-order valence-corrected chi connectivity index (χ0v) is 21.4. The van der Waals surface area contributed by atoms with Gasteiger partial charge >= 0.3 is 5.76 Å². The van der Waals surface area contributed by atoms with Crippen LogP contribution in [0.1, 0.15) is 46.3 Å². The minimum atomic E-state index is -4.49. The zero-order chi connectivity index (χ0) is 27.1. The first-order valence-electron chi connectivity index (χ1n) is 10.8. The first-order valence-corrected chi connectivity index (χ1v) is 12.7. The molecule has 2 atom stereocenters. The van der Waals surface area contributed by atoms with Gasteiger partial charge in [-0.3, -0.25) is 9.48 Å². The Labute approximate surface area is 215 Å². The van der Waals surface area contributed by atoms with Crippen molar-refractivity contribution >= 4 is 27.5 Å². The van der Waals surface area contributed by atoms with Crippen LogP contribution in [0, 0.1) is 12.7 Å². The normalized spacial score (nSPS) is 13.4. The second-order valence-electron chi connectivity index (χ2n) is 8.38. The van der Waals surface area contributed by atoms with Crippen molar-refractivity contribution in [3.8, 4) is 11.1 Å². The van der Waals surface area contributed by atoms with Gasteiger partial charge in [0.25, 0.3) is 0 Å². The number of amides is 1. The second-order valence-corrected chi connectivity index (χ2v) is 10.5. The lowest BCUT2D eigenvalue weighted by Crippen LogP contribution is -2.34. The largest absolute Gasteiger partial charge is 0.434 e. The molecule has 0 radical (unpaired) electrons. The van der Waals surface area contributed by atoms with E-state index in [0.717, 1.165) is 17.7 Å². The third-order valence-corrected chi connectivity index (χ3v) is 7.67. The molecule has 2 heterocycles. The molecule has 14 heteroatoms. The first kappa shape index (κ1) is 26.3. The Kier molecular flexibility index (Phi) is 7.04. The summed E-state index contributed by atoms with van der Waals surface area (Å²) in [7, 11) is -2.75. The van der Waals surface area contributed by atoms with Gasteiger partial charge in [-0.15, -0.1) is 5.10 Å². The van der Waals surface area contributed by atoms with Gasteiger partial charge in [0.15, 0.2) is 0 Å². The molecule has 0 aliphatic heterocycles. The number of aryl methyl sites for hydroxylation is 1. The van der Waals surface area contributed by atoms with Gasteiger partial charge in [-0.1, -0.05) is 24.6 Å². The highest BCUT2D eigenvalue weighted by Gasteiger charge is 2.35. The Morgan fingerprint density at radius 2 is 2.03 bits per heavy atom. The summed E-state index contributed by atoms with van der Waals surface area (Å²) in [4.78, 5) is 23.2. The lowest BCUT2D eigenvalue weighted by atomic mass is 9.86. The van der Waals surface area contributed by atoms with Crippen LogP contribution in [-0.2, 0) is 17.1 Å². The topological polar surface area (TPSA) is 166 Å². The summed E-state index contributed by atoms with van der Waals surface area (Å²) in [5, 5.41) is 10.1. The van der Waals surface area contributed by atoms with Crippen LogP contribution in [0.3, 0.4) is 0 Å². The number of sulfonamides is 1. The summed E-state index contributed by atoms with van der Waals surface area (Å²) in [5.41, 5.74) is 7.10. The Bertz CT molecular complexity index is 1660. The highest BCUT2D eigenvalue weighted by Crippen LogP contribution is 2.38. The van der Waals surface area contributed by atoms with Gasteiger partial charge in [0.1, 0.15) is 11.9 Å². The Morgan fingerprint density at radius 1 is 1.30 bits per heavy atom. The average Bonchev–Trinajstić information content (AvgIpc) is 3.45. The minimum Gasteiger partial charge on any atom is -0.391 e. The van der Waals surface area contributed by atoms with Crippen molar-refractivity contribution in [1.82, 2.24) is 24.7 Å². The number of hydrogen-bond acceptors (Lipinski definition) is 7. The third kappa shape index (κ3) is 5.19. The number of aromatic nitrogens is 4. The molecule has 37 heavy (non-hydrogen) atoms. The van der Waals surface area contributed by atoms with E-state index in [9.17, 15) is 18.0 Å². The number of carbonyl (C=O) groups is 1. The highest BCUT2D eigenvalue weighted by atomic mass is 35.5. The van der Waals surface area contributed by atoms with Gasteiger partial charge in [-0.05, 0) is 47.9 Å². The zero-order valence-electron chi connectivity index (χ0n) is 19.8. The van der Waals surface area contributed by atoms with Crippen LogP contribution in [0.5, 0.6) is 0 Å². The highest BCUT2D eigenvalue weighted by molar-refractivity contribution is 7.89. The van der Waals surface area contributed by atoms with Gasteiger partial charge < -0.3 is 10.2 Å². The lowest BCUT2D eigenvalue weighted by Gasteiger charge is -2.25. The van der Waals surface area contributed by atoms with Gasteiger partial charge in [0, 0.05) is 29.7 Å². The summed E-state index contributed by atoms with van der Waals surface area (Å²) >= 11 is 5.91. The van der Waals surface area contributed by atoms with E-state index in [0.29, 0.717) is 11.1 Å². The average molecular weight is 549 g/mol. The fourth-order valence-electron chi connectivity index (χ4n) is 4.19. The molecule has 0 spiro atoms. The smallest absolute Gasteiger partial charge is 0.391 e. The predicted octanol–water partition coefficient (Wildman–Crippen LogP) is 2.79. The van der Waals surface area contributed by atoms with Crippen LogP contribution >= 0.6 is 11.6 Å². The number of nitrogens with one attached hydrogen (secondary N) is 2. The van der Waals surface area contributed by atoms with E-state index in [1.807, 2.05) is 0 Å². The molecule has 4 rings (SSSR count). The molecule has 1 amide bonds. The number of carbonyl (C=O) groups excluding carboxylic acids is 1. The SMILES string of the molecule is Cc1c(-c2cnn(C)c2)ccc(F)c1[C@@H](C)[C@H](NS(=O)(=O)c1ccc(Cl)cc1C(N)=O)c1n[nH]c(=O)o1. The van der Waals surface area contributed by atoms with E-state index < -0.39 is 44.4 Å². The molecule has 2 aromatic heterocycles. The van der Waals surface area contributed by atoms with Crippen LogP contribution in [0.15, 0.2) is 56.8 Å². The molecule has 0 saturated heterocycles. The van der Waals surface area contributed by atoms with Crippen molar-refractivity contribution in [2.45, 2.75) is 30.7 Å². The lowest BCUT2D eigenvalue weighted by molar-refractivity contribution is 0.0997. The number of nitrogens with two attached hydrogens (primary N) is 1. The number of H-pyrrole nitrogens is 1. The Balaban J connectivity index is 1.84. The number of hydrogen-bond donors (Lipinski definition) is 3. The van der Waals surface area contributed by atoms with Crippen molar-refractivity contribution in [3.63, 3.8) is 0 Å². The number of halogens is 2. The fraction of sp³-hybridized carbons (Fsp3) is 0.217. The molecule has 0 unspecified atom stereocenters. The van der Waals surface area contributed by atoms with E-state index in [-0.39, 0.29) is 22.0 Å². The van der Waals surface area contributed by atoms with Crippen molar-refractivity contribution in [1.29, 1.82) is 0 Å². The maximum absolute atomic E-state index is 15.3. The fourth-order valence-corrected chi connectivity index (χ4v) is 5.83. The van der Waals surface area contributed by atoms with E-state index in [4.69, 9.17) is 21.8 Å². The molecule has 0 bridgehead atoms. The molecular formula is C23H22ClFN6O5S. The standard InChI is InChI=1S/C23H22ClFN6O5S/c1-11-15(13-9-27-31(3)10-13)5-6-17(25)19(11)12(2)20(22-28-29-23(33)36-22)30-37(34,35)18-7-4-14(24)8-16(18)21(26)32/h4-10,12,20,30H,1-3H3,(H2,26,32)(H,29,33)/t12-,20+/m1/s1. The van der Waals surface area contributed by atoms with Gasteiger partial charge in [-0.25, -0.2) is 22.7 Å². The summed E-state index contributed by atoms with van der Waals surface area (Å²) in [6, 6.07) is 5.00. The van der Waals surface area contributed by atoms with Crippen LogP contribution in [-0.4, -0.2) is 34.3 Å². The number of nitrogens with zero attached hydrogens (tertiary/aromatic N) is 3. The first-order chi connectivity index (χ1) is 17.4. The van der Waals surface area contributed by atoms with Gasteiger partial charge in [0.05, 0.1) is 16.7 Å². The summed E-state index contributed by atoms with van der Waals surface area (Å²) in [6.45, 7) is 3.24. The number of primary amides is 1. The molecule has 2 aromatic carbocycles. The van der Waals surface area contributed by atoms with Crippen molar-refractivity contribution in [2.24, 2.45) is 12.8 Å². The number of rotatable bonds is 8. The minimum absolute atomic E-state index is 0.0980. The van der Waals surface area contributed by atoms with Crippen LogP contribution < -0.4 is 16.2 Å². The quantitative estimate of drug-likeness (QED) is 0.304. The monoisotopic (exact) mass is 548 g/mol. The maximum atomic E-state index is 15.3. The van der Waals surface area contributed by atoms with E-state index in [1.165, 1.54) is 12.1 Å². The Hall–Kier alpha value is -3.81. The number of aromatic amines is 1. The second kappa shape index (κ2) is 9.92. The van der Waals surface area contributed by atoms with Gasteiger partial charge in [0.2, 0.25) is 21.8 Å². The van der Waals surface area contributed by atoms with Crippen LogP contribution in [0.25, 0.3) is 11.1 Å². The molecule has 0 fully saturated rings. The molecule has 4 N–H and O–H groups in total. The number of benzene rings is 2. The van der Waals surface area contributed by atoms with Crippen LogP contribution in [0.2, 0.25) is 5.02 Å². The molecule has 4 aromatic rings. The van der Waals surface area contributed by atoms with E-state index in [1.54, 1.807) is 44.0 Å². The molecule has 11 nitrogen and oxygen atoms in total. The molecule has 0 aliphatic carbocycles. The van der Waals surface area contributed by atoms with Gasteiger partial charge in [-0.2, -0.15) is 9.82 Å². The maximum Gasteiger partial charge on any atom is 0.434 e. The van der Waals surface area contributed by atoms with Crippen molar-refractivity contribution in [3.05, 3.63) is 86.7 Å². The third-order valence-electron chi connectivity index (χ3n) is 5.93. The Morgan fingerprint density at radius 3 is 2.62 bits per heavy atom. The summed E-state index contributed by atoms with van der Waals surface area (Å²) < 4.78 is 51.2. The molecule has 194 valence electrons. The van der Waals surface area contributed by atoms with E-state index in [2.05, 4.69) is 20.0 Å². The van der Waals surface area contributed by atoms with Crippen LogP contribution in [0.4, 0.5) is 4.39 Å². The molecular weight excluding hydrogens is 527 g/mol.